The van der Waals surface area contributed by atoms with Crippen LogP contribution in [0.15, 0.2) is 22.7 Å². The third-order valence-corrected chi connectivity index (χ3v) is 3.29. The van der Waals surface area contributed by atoms with Gasteiger partial charge >= 0.3 is 0 Å². The van der Waals surface area contributed by atoms with E-state index in [1.807, 2.05) is 32.9 Å². The largest absolute Gasteiger partial charge is 0.490 e. The molecule has 0 saturated heterocycles. The van der Waals surface area contributed by atoms with E-state index in [9.17, 15) is 0 Å². The van der Waals surface area contributed by atoms with Crippen molar-refractivity contribution in [1.82, 2.24) is 0 Å². The monoisotopic (exact) mass is 364 g/mol. The van der Waals surface area contributed by atoms with E-state index < -0.39 is 0 Å². The Labute approximate surface area is 120 Å². The van der Waals surface area contributed by atoms with Gasteiger partial charge in [-0.2, -0.15) is 0 Å². The highest BCUT2D eigenvalue weighted by molar-refractivity contribution is 9.10. The van der Waals surface area contributed by atoms with Gasteiger partial charge in [0.25, 0.3) is 0 Å². The molecular formula is C13H18Br2O2. The van der Waals surface area contributed by atoms with Crippen molar-refractivity contribution in [3.63, 3.8) is 0 Å². The summed E-state index contributed by atoms with van der Waals surface area (Å²) in [6.07, 6.45) is 0. The molecule has 0 aliphatic heterocycles. The van der Waals surface area contributed by atoms with Crippen molar-refractivity contribution in [2.24, 2.45) is 0 Å². The van der Waals surface area contributed by atoms with Gasteiger partial charge in [-0.3, -0.25) is 0 Å². The van der Waals surface area contributed by atoms with E-state index in [0.717, 1.165) is 15.6 Å². The number of halogens is 2. The molecule has 0 atom stereocenters. The summed E-state index contributed by atoms with van der Waals surface area (Å²) >= 11 is 6.91. The first-order valence-electron chi connectivity index (χ1n) is 5.53. The number of benzene rings is 1. The van der Waals surface area contributed by atoms with Crippen molar-refractivity contribution in [2.75, 3.05) is 13.2 Å². The summed E-state index contributed by atoms with van der Waals surface area (Å²) < 4.78 is 12.2. The van der Waals surface area contributed by atoms with Crippen LogP contribution in [-0.4, -0.2) is 18.8 Å². The van der Waals surface area contributed by atoms with E-state index >= 15 is 0 Å². The van der Waals surface area contributed by atoms with E-state index in [2.05, 4.69) is 37.9 Å². The van der Waals surface area contributed by atoms with Crippen molar-refractivity contribution < 1.29 is 9.47 Å². The van der Waals surface area contributed by atoms with Gasteiger partial charge in [0.15, 0.2) is 0 Å². The van der Waals surface area contributed by atoms with Crippen LogP contribution in [0, 0.1) is 0 Å². The molecule has 0 amide bonds. The van der Waals surface area contributed by atoms with E-state index in [4.69, 9.17) is 9.47 Å². The summed E-state index contributed by atoms with van der Waals surface area (Å²) in [5.74, 6) is 0.854. The minimum Gasteiger partial charge on any atom is -0.490 e. The second-order valence-corrected chi connectivity index (χ2v) is 6.12. The molecule has 2 nitrogen and oxygen atoms in total. The molecule has 0 spiro atoms. The molecule has 0 unspecified atom stereocenters. The van der Waals surface area contributed by atoms with E-state index in [-0.39, 0.29) is 5.60 Å². The van der Waals surface area contributed by atoms with Crippen LogP contribution in [0.4, 0.5) is 0 Å². The summed E-state index contributed by atoms with van der Waals surface area (Å²) in [6.45, 7) is 7.26. The van der Waals surface area contributed by atoms with Crippen molar-refractivity contribution in [3.05, 3.63) is 28.2 Å². The fraction of sp³-hybridized carbons (Fsp3) is 0.538. The van der Waals surface area contributed by atoms with Crippen molar-refractivity contribution in [3.8, 4) is 5.75 Å². The maximum atomic E-state index is 5.64. The Morgan fingerprint density at radius 1 is 1.18 bits per heavy atom. The molecule has 0 saturated carbocycles. The lowest BCUT2D eigenvalue weighted by molar-refractivity contribution is -0.0163. The van der Waals surface area contributed by atoms with Gasteiger partial charge < -0.3 is 9.47 Å². The maximum Gasteiger partial charge on any atom is 0.133 e. The minimum atomic E-state index is -0.111. The lowest BCUT2D eigenvalue weighted by atomic mass is 10.2. The van der Waals surface area contributed by atoms with E-state index in [1.165, 1.54) is 5.56 Å². The lowest BCUT2D eigenvalue weighted by Gasteiger charge is -2.19. The molecule has 0 aliphatic rings. The van der Waals surface area contributed by atoms with Crippen LogP contribution in [0.1, 0.15) is 26.3 Å². The summed E-state index contributed by atoms with van der Waals surface area (Å²) in [5.41, 5.74) is 1.11. The molecule has 1 aromatic carbocycles. The van der Waals surface area contributed by atoms with Gasteiger partial charge in [-0.15, -0.1) is 0 Å². The first-order chi connectivity index (χ1) is 7.92. The highest BCUT2D eigenvalue weighted by atomic mass is 79.9. The zero-order chi connectivity index (χ0) is 12.9. The van der Waals surface area contributed by atoms with E-state index in [1.54, 1.807) is 0 Å². The molecule has 4 heteroatoms. The standard InChI is InChI=1S/C13H18Br2O2/c1-13(2,3)17-7-6-16-12-5-4-10(9-14)8-11(12)15/h4-5,8H,6-7,9H2,1-3H3. The molecule has 17 heavy (non-hydrogen) atoms. The van der Waals surface area contributed by atoms with Crippen LogP contribution in [0.3, 0.4) is 0 Å². The van der Waals surface area contributed by atoms with Gasteiger partial charge in [0.2, 0.25) is 0 Å². The molecule has 0 aromatic heterocycles. The van der Waals surface area contributed by atoms with Crippen LogP contribution in [0.5, 0.6) is 5.75 Å². The van der Waals surface area contributed by atoms with Gasteiger partial charge in [0, 0.05) is 5.33 Å². The Balaban J connectivity index is 2.42. The van der Waals surface area contributed by atoms with Gasteiger partial charge in [-0.05, 0) is 54.4 Å². The molecule has 0 fully saturated rings. The molecule has 1 aromatic rings. The molecule has 0 bridgehead atoms. The van der Waals surface area contributed by atoms with Crippen LogP contribution >= 0.6 is 31.9 Å². The van der Waals surface area contributed by atoms with Gasteiger partial charge in [-0.25, -0.2) is 0 Å². The topological polar surface area (TPSA) is 18.5 Å². The molecule has 0 heterocycles. The minimum absolute atomic E-state index is 0.111. The van der Waals surface area contributed by atoms with Gasteiger partial charge in [0.1, 0.15) is 12.4 Å². The maximum absolute atomic E-state index is 5.64. The molecule has 0 aliphatic carbocycles. The van der Waals surface area contributed by atoms with Crippen LogP contribution in [0.25, 0.3) is 0 Å². The summed E-state index contributed by atoms with van der Waals surface area (Å²) in [6, 6.07) is 6.06. The number of rotatable bonds is 5. The predicted molar refractivity (Wildman–Crippen MR) is 78.0 cm³/mol. The smallest absolute Gasteiger partial charge is 0.133 e. The molecular weight excluding hydrogens is 348 g/mol. The quantitative estimate of drug-likeness (QED) is 0.563. The SMILES string of the molecule is CC(C)(C)OCCOc1ccc(CBr)cc1Br. The van der Waals surface area contributed by atoms with Crippen LogP contribution in [0.2, 0.25) is 0 Å². The van der Waals surface area contributed by atoms with Crippen molar-refractivity contribution in [1.29, 1.82) is 0 Å². The average Bonchev–Trinajstić information content (AvgIpc) is 2.24. The number of hydrogen-bond donors (Lipinski definition) is 0. The first kappa shape index (κ1) is 15.0. The highest BCUT2D eigenvalue weighted by Gasteiger charge is 2.09. The Kier molecular flexibility index (Phi) is 5.97. The Hall–Kier alpha value is -0.0600. The summed E-state index contributed by atoms with van der Waals surface area (Å²) in [7, 11) is 0. The Morgan fingerprint density at radius 3 is 2.41 bits per heavy atom. The molecule has 96 valence electrons. The third-order valence-electron chi connectivity index (χ3n) is 2.03. The fourth-order valence-corrected chi connectivity index (χ4v) is 2.13. The second-order valence-electron chi connectivity index (χ2n) is 4.71. The number of ether oxygens (including phenoxy) is 2. The number of hydrogen-bond acceptors (Lipinski definition) is 2. The zero-order valence-electron chi connectivity index (χ0n) is 10.4. The average molecular weight is 366 g/mol. The third kappa shape index (κ3) is 5.89. The molecule has 0 N–H and O–H groups in total. The van der Waals surface area contributed by atoms with E-state index in [0.29, 0.717) is 13.2 Å². The Morgan fingerprint density at radius 2 is 1.88 bits per heavy atom. The predicted octanol–water partition coefficient (Wildman–Crippen LogP) is 4.54. The van der Waals surface area contributed by atoms with Crippen LogP contribution in [-0.2, 0) is 10.1 Å². The Bertz CT molecular complexity index is 359. The fourth-order valence-electron chi connectivity index (χ4n) is 1.24. The normalized spacial score (nSPS) is 11.6. The second kappa shape index (κ2) is 6.76. The lowest BCUT2D eigenvalue weighted by Crippen LogP contribution is -2.22. The van der Waals surface area contributed by atoms with Crippen LogP contribution < -0.4 is 4.74 Å². The zero-order valence-corrected chi connectivity index (χ0v) is 13.6. The van der Waals surface area contributed by atoms with Gasteiger partial charge in [0.05, 0.1) is 16.7 Å². The van der Waals surface area contributed by atoms with Crippen molar-refractivity contribution >= 4 is 31.9 Å². The highest BCUT2D eigenvalue weighted by Crippen LogP contribution is 2.26. The van der Waals surface area contributed by atoms with Gasteiger partial charge in [-0.1, -0.05) is 22.0 Å². The summed E-state index contributed by atoms with van der Waals surface area (Å²) in [5, 5.41) is 0.846. The summed E-state index contributed by atoms with van der Waals surface area (Å²) in [4.78, 5) is 0. The number of alkyl halides is 1. The molecule has 1 rings (SSSR count). The van der Waals surface area contributed by atoms with Crippen molar-refractivity contribution in [2.45, 2.75) is 31.7 Å². The molecule has 0 radical (unpaired) electrons. The first-order valence-corrected chi connectivity index (χ1v) is 7.45.